The van der Waals surface area contributed by atoms with E-state index in [1.807, 2.05) is 6.92 Å². The van der Waals surface area contributed by atoms with Crippen LogP contribution < -0.4 is 0 Å². The van der Waals surface area contributed by atoms with E-state index in [-0.39, 0.29) is 5.56 Å². The first-order chi connectivity index (χ1) is 9.52. The number of rotatable bonds is 4. The van der Waals surface area contributed by atoms with Gasteiger partial charge in [-0.05, 0) is 31.6 Å². The molecule has 2 unspecified atom stereocenters. The Morgan fingerprint density at radius 3 is 2.90 bits per heavy atom. The number of hydrogen-bond acceptors (Lipinski definition) is 4. The molecular weight excluding hydrogens is 256 g/mol. The zero-order chi connectivity index (χ0) is 14.8. The lowest BCUT2D eigenvalue weighted by Crippen LogP contribution is -2.36. The first-order valence-corrected chi connectivity index (χ1v) is 7.17. The predicted octanol–water partition coefficient (Wildman–Crippen LogP) is 2.79. The summed E-state index contributed by atoms with van der Waals surface area (Å²) in [5.74, 6) is 0.224. The maximum absolute atomic E-state index is 11.2. The first kappa shape index (κ1) is 14.9. The van der Waals surface area contributed by atoms with Gasteiger partial charge >= 0.3 is 5.97 Å². The maximum Gasteiger partial charge on any atom is 0.339 e. The van der Waals surface area contributed by atoms with Crippen LogP contribution in [0.4, 0.5) is 0 Å². The van der Waals surface area contributed by atoms with Crippen molar-refractivity contribution in [2.24, 2.45) is 5.92 Å². The number of aryl methyl sites for hydroxylation is 1. The molecule has 1 aromatic heterocycles. The third-order valence-electron chi connectivity index (χ3n) is 4.19. The molecule has 1 heterocycles. The number of methoxy groups -OCH3 is 1. The number of nitrogens with zero attached hydrogens (tertiary/aromatic N) is 2. The van der Waals surface area contributed by atoms with E-state index in [0.29, 0.717) is 23.9 Å². The standard InChI is InChI=1S/C15H22N2O3/c1-4-12-11(13(18)19)9-16-14(17-12)15(20-3)7-5-6-10(2)8-15/h9-10H,4-8H2,1-3H3,(H,18,19). The fourth-order valence-electron chi connectivity index (χ4n) is 3.07. The van der Waals surface area contributed by atoms with Crippen LogP contribution in [0.3, 0.4) is 0 Å². The largest absolute Gasteiger partial charge is 0.478 e. The van der Waals surface area contributed by atoms with Crippen LogP contribution in [0, 0.1) is 5.92 Å². The Labute approximate surface area is 119 Å². The minimum atomic E-state index is -0.975. The van der Waals surface area contributed by atoms with Gasteiger partial charge in [0.15, 0.2) is 5.82 Å². The maximum atomic E-state index is 11.2. The topological polar surface area (TPSA) is 72.3 Å². The van der Waals surface area contributed by atoms with E-state index >= 15 is 0 Å². The van der Waals surface area contributed by atoms with E-state index in [0.717, 1.165) is 19.3 Å². The van der Waals surface area contributed by atoms with Crippen molar-refractivity contribution < 1.29 is 14.6 Å². The van der Waals surface area contributed by atoms with Gasteiger partial charge in [0.1, 0.15) is 5.60 Å². The lowest BCUT2D eigenvalue weighted by Gasteiger charge is -2.37. The fraction of sp³-hybridized carbons (Fsp3) is 0.667. The van der Waals surface area contributed by atoms with E-state index in [1.165, 1.54) is 12.6 Å². The molecule has 1 fully saturated rings. The summed E-state index contributed by atoms with van der Waals surface area (Å²) in [6.45, 7) is 4.11. The Morgan fingerprint density at radius 1 is 1.60 bits per heavy atom. The van der Waals surface area contributed by atoms with Gasteiger partial charge in [-0.3, -0.25) is 0 Å². The summed E-state index contributed by atoms with van der Waals surface area (Å²) in [5.41, 5.74) is 0.307. The number of carbonyl (C=O) groups is 1. The molecule has 0 aromatic carbocycles. The smallest absolute Gasteiger partial charge is 0.339 e. The number of hydrogen-bond donors (Lipinski definition) is 1. The van der Waals surface area contributed by atoms with Crippen molar-refractivity contribution in [1.82, 2.24) is 9.97 Å². The molecule has 0 aliphatic heterocycles. The van der Waals surface area contributed by atoms with Crippen molar-refractivity contribution in [3.8, 4) is 0 Å². The normalized spacial score (nSPS) is 26.4. The molecule has 110 valence electrons. The summed E-state index contributed by atoms with van der Waals surface area (Å²) in [4.78, 5) is 19.9. The van der Waals surface area contributed by atoms with Crippen LogP contribution in [0.5, 0.6) is 0 Å². The molecule has 0 bridgehead atoms. The molecule has 1 aromatic rings. The average molecular weight is 278 g/mol. The summed E-state index contributed by atoms with van der Waals surface area (Å²) >= 11 is 0. The summed E-state index contributed by atoms with van der Waals surface area (Å²) in [6.07, 6.45) is 6.05. The third kappa shape index (κ3) is 2.68. The van der Waals surface area contributed by atoms with Gasteiger partial charge in [0.2, 0.25) is 0 Å². The molecule has 2 atom stereocenters. The highest BCUT2D eigenvalue weighted by atomic mass is 16.5. The Morgan fingerprint density at radius 2 is 2.35 bits per heavy atom. The Kier molecular flexibility index (Phi) is 4.38. The van der Waals surface area contributed by atoms with Gasteiger partial charge in [-0.2, -0.15) is 0 Å². The lowest BCUT2D eigenvalue weighted by molar-refractivity contribution is -0.0648. The zero-order valence-electron chi connectivity index (χ0n) is 12.3. The van der Waals surface area contributed by atoms with Gasteiger partial charge in [0.05, 0.1) is 11.3 Å². The van der Waals surface area contributed by atoms with Crippen molar-refractivity contribution in [1.29, 1.82) is 0 Å². The Hall–Kier alpha value is -1.49. The number of carboxylic acids is 1. The highest BCUT2D eigenvalue weighted by Gasteiger charge is 2.39. The van der Waals surface area contributed by atoms with Crippen molar-refractivity contribution in [2.45, 2.75) is 51.6 Å². The van der Waals surface area contributed by atoms with Crippen molar-refractivity contribution in [3.63, 3.8) is 0 Å². The minimum absolute atomic E-state index is 0.186. The van der Waals surface area contributed by atoms with Crippen LogP contribution in [0.25, 0.3) is 0 Å². The number of ether oxygens (including phenoxy) is 1. The molecule has 0 radical (unpaired) electrons. The van der Waals surface area contributed by atoms with Crippen LogP contribution in [0.15, 0.2) is 6.20 Å². The van der Waals surface area contributed by atoms with E-state index < -0.39 is 11.6 Å². The van der Waals surface area contributed by atoms with Crippen molar-refractivity contribution >= 4 is 5.97 Å². The second-order valence-corrected chi connectivity index (χ2v) is 5.61. The van der Waals surface area contributed by atoms with Gasteiger partial charge in [-0.1, -0.05) is 20.3 Å². The minimum Gasteiger partial charge on any atom is -0.478 e. The highest BCUT2D eigenvalue weighted by molar-refractivity contribution is 5.88. The van der Waals surface area contributed by atoms with Gasteiger partial charge < -0.3 is 9.84 Å². The number of aromatic nitrogens is 2. The second kappa shape index (κ2) is 5.87. The van der Waals surface area contributed by atoms with Gasteiger partial charge in [-0.15, -0.1) is 0 Å². The molecule has 5 nitrogen and oxygen atoms in total. The van der Waals surface area contributed by atoms with E-state index in [4.69, 9.17) is 9.84 Å². The summed E-state index contributed by atoms with van der Waals surface area (Å²) in [5, 5.41) is 9.15. The monoisotopic (exact) mass is 278 g/mol. The van der Waals surface area contributed by atoms with Gasteiger partial charge in [-0.25, -0.2) is 14.8 Å². The van der Waals surface area contributed by atoms with Crippen molar-refractivity contribution in [3.05, 3.63) is 23.3 Å². The average Bonchev–Trinajstić information content (AvgIpc) is 2.46. The Bertz CT molecular complexity index is 504. The molecule has 0 saturated heterocycles. The molecule has 1 N–H and O–H groups in total. The molecule has 1 saturated carbocycles. The van der Waals surface area contributed by atoms with Crippen LogP contribution >= 0.6 is 0 Å². The summed E-state index contributed by atoms with van der Waals surface area (Å²) in [6, 6.07) is 0. The molecule has 5 heteroatoms. The number of aromatic carboxylic acids is 1. The molecule has 0 amide bonds. The SMILES string of the molecule is CCc1nc(C2(OC)CCCC(C)C2)ncc1C(=O)O. The van der Waals surface area contributed by atoms with E-state index in [9.17, 15) is 4.79 Å². The van der Waals surface area contributed by atoms with Crippen LogP contribution in [0.1, 0.15) is 61.4 Å². The second-order valence-electron chi connectivity index (χ2n) is 5.61. The zero-order valence-corrected chi connectivity index (χ0v) is 12.3. The number of carboxylic acid groups (broad SMARTS) is 1. The van der Waals surface area contributed by atoms with E-state index in [1.54, 1.807) is 7.11 Å². The van der Waals surface area contributed by atoms with Crippen LogP contribution in [-0.2, 0) is 16.8 Å². The van der Waals surface area contributed by atoms with E-state index in [2.05, 4.69) is 16.9 Å². The molecule has 20 heavy (non-hydrogen) atoms. The van der Waals surface area contributed by atoms with Gasteiger partial charge in [0.25, 0.3) is 0 Å². The molecule has 1 aliphatic rings. The summed E-state index contributed by atoms with van der Waals surface area (Å²) < 4.78 is 5.76. The molecule has 0 spiro atoms. The third-order valence-corrected chi connectivity index (χ3v) is 4.19. The lowest BCUT2D eigenvalue weighted by atomic mass is 9.78. The quantitative estimate of drug-likeness (QED) is 0.916. The molecular formula is C15H22N2O3. The van der Waals surface area contributed by atoms with Crippen molar-refractivity contribution in [2.75, 3.05) is 7.11 Å². The van der Waals surface area contributed by atoms with Crippen LogP contribution in [0.2, 0.25) is 0 Å². The Balaban J connectivity index is 2.42. The highest BCUT2D eigenvalue weighted by Crippen LogP contribution is 2.41. The summed E-state index contributed by atoms with van der Waals surface area (Å²) in [7, 11) is 1.69. The molecule has 2 rings (SSSR count). The predicted molar refractivity (Wildman–Crippen MR) is 74.7 cm³/mol. The van der Waals surface area contributed by atoms with Gasteiger partial charge in [0, 0.05) is 13.3 Å². The molecule has 1 aliphatic carbocycles. The fourth-order valence-corrected chi connectivity index (χ4v) is 3.07. The van der Waals surface area contributed by atoms with Crippen LogP contribution in [-0.4, -0.2) is 28.2 Å². The first-order valence-electron chi connectivity index (χ1n) is 7.17.